The van der Waals surface area contributed by atoms with Gasteiger partial charge < -0.3 is 10.0 Å². The molecule has 2 aromatic heterocycles. The van der Waals surface area contributed by atoms with Gasteiger partial charge >= 0.3 is 5.97 Å². The van der Waals surface area contributed by atoms with E-state index in [0.717, 1.165) is 30.0 Å². The number of hydrogen-bond acceptors (Lipinski definition) is 6. The topological polar surface area (TPSA) is 79.2 Å². The molecular formula is C12H12N4O2S. The number of nitrogens with zero attached hydrogens (tertiary/aromatic N) is 4. The molecule has 7 heteroatoms. The maximum atomic E-state index is 11.0. The molecule has 0 fully saturated rings. The summed E-state index contributed by atoms with van der Waals surface area (Å²) < 4.78 is 0. The fourth-order valence-corrected chi connectivity index (χ4v) is 3.02. The summed E-state index contributed by atoms with van der Waals surface area (Å²) in [5, 5.41) is 17.3. The first-order valence-corrected chi connectivity index (χ1v) is 6.77. The number of carboxylic acids is 1. The van der Waals surface area contributed by atoms with Crippen molar-refractivity contribution in [2.45, 2.75) is 19.8 Å². The Morgan fingerprint density at radius 3 is 2.95 bits per heavy atom. The van der Waals surface area contributed by atoms with E-state index in [4.69, 9.17) is 5.11 Å². The van der Waals surface area contributed by atoms with Crippen molar-refractivity contribution in [2.75, 3.05) is 11.4 Å². The van der Waals surface area contributed by atoms with Crippen LogP contribution in [0.2, 0.25) is 0 Å². The highest BCUT2D eigenvalue weighted by Gasteiger charge is 2.25. The molecule has 0 bridgehead atoms. The van der Waals surface area contributed by atoms with Gasteiger partial charge in [-0.15, -0.1) is 16.4 Å². The van der Waals surface area contributed by atoms with Gasteiger partial charge in [-0.25, -0.2) is 9.78 Å². The Labute approximate surface area is 113 Å². The van der Waals surface area contributed by atoms with Crippen LogP contribution in [-0.4, -0.2) is 32.8 Å². The number of aryl methyl sites for hydroxylation is 2. The second-order valence-electron chi connectivity index (χ2n) is 4.36. The van der Waals surface area contributed by atoms with E-state index in [1.54, 1.807) is 0 Å². The van der Waals surface area contributed by atoms with E-state index in [-0.39, 0.29) is 5.01 Å². The van der Waals surface area contributed by atoms with Crippen molar-refractivity contribution in [3.05, 3.63) is 27.7 Å². The standard InChI is InChI=1S/C12H12N4O2S/c1-7-4-5-9(15-14-7)16-6-2-3-8-10(16)13-11(19-8)12(17)18/h4-5H,2-3,6H2,1H3,(H,17,18). The third kappa shape index (κ3) is 2.17. The molecule has 0 amide bonds. The summed E-state index contributed by atoms with van der Waals surface area (Å²) in [5.41, 5.74) is 0.852. The third-order valence-corrected chi connectivity index (χ3v) is 4.05. The first-order chi connectivity index (χ1) is 9.15. The number of aromatic nitrogens is 3. The Bertz CT molecular complexity index is 623. The van der Waals surface area contributed by atoms with E-state index < -0.39 is 5.97 Å². The minimum absolute atomic E-state index is 0.136. The smallest absolute Gasteiger partial charge is 0.365 e. The highest BCUT2D eigenvalue weighted by Crippen LogP contribution is 2.35. The Morgan fingerprint density at radius 2 is 2.26 bits per heavy atom. The number of carbonyl (C=O) groups is 1. The van der Waals surface area contributed by atoms with Crippen LogP contribution in [0.3, 0.4) is 0 Å². The number of thiazole rings is 1. The molecule has 0 spiro atoms. The van der Waals surface area contributed by atoms with Gasteiger partial charge in [0.2, 0.25) is 5.01 Å². The van der Waals surface area contributed by atoms with E-state index in [1.807, 2.05) is 24.0 Å². The van der Waals surface area contributed by atoms with Crippen LogP contribution in [0.5, 0.6) is 0 Å². The summed E-state index contributed by atoms with van der Waals surface area (Å²) in [6.07, 6.45) is 1.83. The van der Waals surface area contributed by atoms with Gasteiger partial charge in [-0.3, -0.25) is 0 Å². The van der Waals surface area contributed by atoms with Crippen molar-refractivity contribution < 1.29 is 9.90 Å². The Morgan fingerprint density at radius 1 is 1.42 bits per heavy atom. The molecule has 0 aliphatic carbocycles. The van der Waals surface area contributed by atoms with Crippen LogP contribution in [0.4, 0.5) is 11.6 Å². The number of aromatic carboxylic acids is 1. The van der Waals surface area contributed by atoms with Gasteiger partial charge in [0.15, 0.2) is 5.82 Å². The van der Waals surface area contributed by atoms with Gasteiger partial charge in [-0.05, 0) is 31.9 Å². The minimum Gasteiger partial charge on any atom is -0.476 e. The van der Waals surface area contributed by atoms with Crippen LogP contribution in [0.15, 0.2) is 12.1 Å². The zero-order valence-corrected chi connectivity index (χ0v) is 11.1. The first kappa shape index (κ1) is 12.0. The SMILES string of the molecule is Cc1ccc(N2CCCc3sc(C(=O)O)nc32)nn1. The first-order valence-electron chi connectivity index (χ1n) is 5.96. The lowest BCUT2D eigenvalue weighted by molar-refractivity contribution is 0.0696. The molecule has 1 aliphatic heterocycles. The predicted octanol–water partition coefficient (Wildman–Crippen LogP) is 2.02. The van der Waals surface area contributed by atoms with Gasteiger partial charge in [0.1, 0.15) is 5.82 Å². The van der Waals surface area contributed by atoms with Gasteiger partial charge in [0.05, 0.1) is 5.69 Å². The number of rotatable bonds is 2. The lowest BCUT2D eigenvalue weighted by atomic mass is 10.2. The molecule has 1 aliphatic rings. The molecule has 1 N–H and O–H groups in total. The Balaban J connectivity index is 2.02. The molecule has 3 rings (SSSR count). The lowest BCUT2D eigenvalue weighted by Crippen LogP contribution is -2.25. The number of fused-ring (bicyclic) bond motifs is 1. The number of hydrogen-bond donors (Lipinski definition) is 1. The zero-order chi connectivity index (χ0) is 13.4. The second-order valence-corrected chi connectivity index (χ2v) is 5.44. The van der Waals surface area contributed by atoms with Gasteiger partial charge in [-0.1, -0.05) is 0 Å². The van der Waals surface area contributed by atoms with Crippen LogP contribution in [0.1, 0.15) is 26.8 Å². The summed E-state index contributed by atoms with van der Waals surface area (Å²) in [5.74, 6) is 0.454. The molecule has 19 heavy (non-hydrogen) atoms. The number of carboxylic acid groups (broad SMARTS) is 1. The van der Waals surface area contributed by atoms with Crippen LogP contribution >= 0.6 is 11.3 Å². The van der Waals surface area contributed by atoms with Gasteiger partial charge in [0, 0.05) is 11.4 Å². The summed E-state index contributed by atoms with van der Waals surface area (Å²) in [4.78, 5) is 18.2. The van der Waals surface area contributed by atoms with Gasteiger partial charge in [-0.2, -0.15) is 5.10 Å². The molecule has 0 saturated carbocycles. The highest BCUT2D eigenvalue weighted by atomic mass is 32.1. The fraction of sp³-hybridized carbons (Fsp3) is 0.333. The van der Waals surface area contributed by atoms with E-state index >= 15 is 0 Å². The van der Waals surface area contributed by atoms with Crippen molar-refractivity contribution in [3.63, 3.8) is 0 Å². The van der Waals surface area contributed by atoms with E-state index in [2.05, 4.69) is 15.2 Å². The van der Waals surface area contributed by atoms with E-state index in [1.165, 1.54) is 11.3 Å². The predicted molar refractivity (Wildman–Crippen MR) is 71.2 cm³/mol. The summed E-state index contributed by atoms with van der Waals surface area (Å²) in [6, 6.07) is 3.78. The van der Waals surface area contributed by atoms with Crippen molar-refractivity contribution in [2.24, 2.45) is 0 Å². The van der Waals surface area contributed by atoms with Crippen LogP contribution < -0.4 is 4.90 Å². The Hall–Kier alpha value is -2.02. The maximum Gasteiger partial charge on any atom is 0.365 e. The van der Waals surface area contributed by atoms with Crippen molar-refractivity contribution >= 4 is 28.9 Å². The largest absolute Gasteiger partial charge is 0.476 e. The van der Waals surface area contributed by atoms with Gasteiger partial charge in [0.25, 0.3) is 0 Å². The third-order valence-electron chi connectivity index (χ3n) is 2.96. The fourth-order valence-electron chi connectivity index (χ4n) is 2.07. The Kier molecular flexibility index (Phi) is 2.90. The number of anilines is 2. The maximum absolute atomic E-state index is 11.0. The minimum atomic E-state index is -0.977. The monoisotopic (exact) mass is 276 g/mol. The molecule has 0 saturated heterocycles. The van der Waals surface area contributed by atoms with Crippen molar-refractivity contribution in [3.8, 4) is 0 Å². The molecule has 98 valence electrons. The molecule has 0 aromatic carbocycles. The molecule has 0 atom stereocenters. The molecule has 0 radical (unpaired) electrons. The molecule has 6 nitrogen and oxygen atoms in total. The van der Waals surface area contributed by atoms with Crippen LogP contribution in [0.25, 0.3) is 0 Å². The van der Waals surface area contributed by atoms with E-state index in [0.29, 0.717) is 11.6 Å². The second kappa shape index (κ2) is 4.58. The molecule has 3 heterocycles. The summed E-state index contributed by atoms with van der Waals surface area (Å²) >= 11 is 1.24. The summed E-state index contributed by atoms with van der Waals surface area (Å²) in [6.45, 7) is 2.66. The van der Waals surface area contributed by atoms with Crippen molar-refractivity contribution in [1.82, 2.24) is 15.2 Å². The van der Waals surface area contributed by atoms with Crippen LogP contribution in [0, 0.1) is 6.92 Å². The lowest BCUT2D eigenvalue weighted by Gasteiger charge is -2.25. The molecule has 2 aromatic rings. The summed E-state index contributed by atoms with van der Waals surface area (Å²) in [7, 11) is 0. The molecule has 0 unspecified atom stereocenters. The van der Waals surface area contributed by atoms with E-state index in [9.17, 15) is 4.79 Å². The van der Waals surface area contributed by atoms with Crippen LogP contribution in [-0.2, 0) is 6.42 Å². The van der Waals surface area contributed by atoms with Crippen molar-refractivity contribution in [1.29, 1.82) is 0 Å². The zero-order valence-electron chi connectivity index (χ0n) is 10.3. The quantitative estimate of drug-likeness (QED) is 0.904. The average Bonchev–Trinajstić information content (AvgIpc) is 2.83. The highest BCUT2D eigenvalue weighted by molar-refractivity contribution is 7.14. The average molecular weight is 276 g/mol. The molecular weight excluding hydrogens is 264 g/mol. The normalized spacial score (nSPS) is 14.3.